The van der Waals surface area contributed by atoms with Gasteiger partial charge in [-0.3, -0.25) is 0 Å². The van der Waals surface area contributed by atoms with Gasteiger partial charge in [0.15, 0.2) is 0 Å². The fourth-order valence-electron chi connectivity index (χ4n) is 1.05. The van der Waals surface area contributed by atoms with Crippen molar-refractivity contribution in [2.45, 2.75) is 6.54 Å². The van der Waals surface area contributed by atoms with Crippen LogP contribution in [0.25, 0.3) is 5.03 Å². The van der Waals surface area contributed by atoms with E-state index in [0.29, 0.717) is 0 Å². The van der Waals surface area contributed by atoms with Gasteiger partial charge in [-0.2, -0.15) is 0 Å². The minimum absolute atomic E-state index is 0.849. The molecule has 0 unspecified atom stereocenters. The zero-order chi connectivity index (χ0) is 7.84. The maximum Gasteiger partial charge on any atom is 0.0656 e. The highest BCUT2D eigenvalue weighted by molar-refractivity contribution is 14.1. The average Bonchev–Trinajstić information content (AvgIpc) is 2.34. The van der Waals surface area contributed by atoms with Crippen LogP contribution in [0.15, 0.2) is 17.6 Å². The molecule has 0 aromatic carbocycles. The van der Waals surface area contributed by atoms with Gasteiger partial charge in [-0.25, -0.2) is 0 Å². The van der Waals surface area contributed by atoms with Crippen molar-refractivity contribution in [3.8, 4) is 0 Å². The van der Waals surface area contributed by atoms with E-state index in [4.69, 9.17) is 11.6 Å². The number of nitrogens with zero attached hydrogens (tertiary/aromatic N) is 1. The summed E-state index contributed by atoms with van der Waals surface area (Å²) in [5, 5.41) is 2.93. The lowest BCUT2D eigenvalue weighted by atomic mass is 10.2. The van der Waals surface area contributed by atoms with E-state index in [0.717, 1.165) is 11.6 Å². The van der Waals surface area contributed by atoms with Gasteiger partial charge < -0.3 is 3.11 Å². The van der Waals surface area contributed by atoms with Crippen LogP contribution in [-0.2, 0) is 6.54 Å². The molecule has 0 amide bonds. The predicted octanol–water partition coefficient (Wildman–Crippen LogP) is 3.45. The van der Waals surface area contributed by atoms with E-state index in [9.17, 15) is 0 Å². The summed E-state index contributed by atoms with van der Waals surface area (Å²) in [5.74, 6) is 0. The topological polar surface area (TPSA) is 3.24 Å². The molecule has 0 bridgehead atoms. The van der Waals surface area contributed by atoms with Crippen LogP contribution in [-0.4, -0.2) is 3.11 Å². The first-order valence-electron chi connectivity index (χ1n) is 3.14. The van der Waals surface area contributed by atoms with Crippen molar-refractivity contribution in [2.24, 2.45) is 0 Å². The second-order valence-electron chi connectivity index (χ2n) is 2.29. The maximum atomic E-state index is 6.00. The molecule has 0 fully saturated rings. The first-order chi connectivity index (χ1) is 5.27. The predicted molar refractivity (Wildman–Crippen MR) is 57.7 cm³/mol. The number of halogens is 2. The zero-order valence-corrected chi connectivity index (χ0v) is 9.28. The molecule has 0 aliphatic carbocycles. The van der Waals surface area contributed by atoms with E-state index < -0.39 is 0 Å². The molecule has 0 spiro atoms. The SMILES string of the molecule is ClC1=CN(I)Cc2sccc21. The van der Waals surface area contributed by atoms with Gasteiger partial charge in [0.1, 0.15) is 0 Å². The third kappa shape index (κ3) is 1.41. The van der Waals surface area contributed by atoms with Crippen LogP contribution in [0.2, 0.25) is 0 Å². The van der Waals surface area contributed by atoms with E-state index in [1.54, 1.807) is 11.3 Å². The molecule has 1 aromatic heterocycles. The lowest BCUT2D eigenvalue weighted by molar-refractivity contribution is 0.667. The van der Waals surface area contributed by atoms with E-state index in [1.807, 2.05) is 6.20 Å². The molecule has 1 aliphatic heterocycles. The van der Waals surface area contributed by atoms with Crippen LogP contribution in [0.3, 0.4) is 0 Å². The summed E-state index contributed by atoms with van der Waals surface area (Å²) in [6.45, 7) is 0.976. The summed E-state index contributed by atoms with van der Waals surface area (Å²) in [5.41, 5.74) is 1.20. The van der Waals surface area contributed by atoms with Crippen molar-refractivity contribution < 1.29 is 0 Å². The van der Waals surface area contributed by atoms with Crippen LogP contribution < -0.4 is 0 Å². The lowest BCUT2D eigenvalue weighted by Crippen LogP contribution is -2.07. The number of thiophene rings is 1. The quantitative estimate of drug-likeness (QED) is 0.524. The second kappa shape index (κ2) is 2.95. The summed E-state index contributed by atoms with van der Waals surface area (Å²) in [7, 11) is 0. The van der Waals surface area contributed by atoms with E-state index in [2.05, 4.69) is 37.4 Å². The van der Waals surface area contributed by atoms with E-state index in [1.165, 1.54) is 10.4 Å². The highest BCUT2D eigenvalue weighted by atomic mass is 127. The molecule has 58 valence electrons. The van der Waals surface area contributed by atoms with Crippen LogP contribution in [0.1, 0.15) is 10.4 Å². The summed E-state index contributed by atoms with van der Waals surface area (Å²) in [6, 6.07) is 2.07. The van der Waals surface area contributed by atoms with Gasteiger partial charge in [0.25, 0.3) is 0 Å². The van der Waals surface area contributed by atoms with Gasteiger partial charge in [-0.15, -0.1) is 11.3 Å². The number of rotatable bonds is 0. The Balaban J connectivity index is 2.50. The zero-order valence-electron chi connectivity index (χ0n) is 5.55. The van der Waals surface area contributed by atoms with Crippen molar-refractivity contribution in [3.05, 3.63) is 28.1 Å². The molecule has 2 heterocycles. The largest absolute Gasteiger partial charge is 0.315 e. The molecule has 0 N–H and O–H groups in total. The Morgan fingerprint density at radius 2 is 2.45 bits per heavy atom. The van der Waals surface area contributed by atoms with E-state index >= 15 is 0 Å². The van der Waals surface area contributed by atoms with Crippen molar-refractivity contribution in [1.29, 1.82) is 0 Å². The molecule has 1 aromatic rings. The lowest BCUT2D eigenvalue weighted by Gasteiger charge is -2.17. The van der Waals surface area contributed by atoms with Crippen molar-refractivity contribution in [3.63, 3.8) is 0 Å². The highest BCUT2D eigenvalue weighted by Crippen LogP contribution is 2.33. The van der Waals surface area contributed by atoms with E-state index in [-0.39, 0.29) is 0 Å². The van der Waals surface area contributed by atoms with Gasteiger partial charge in [0, 0.05) is 16.6 Å². The van der Waals surface area contributed by atoms with Gasteiger partial charge in [0.05, 0.1) is 34.4 Å². The van der Waals surface area contributed by atoms with Crippen LogP contribution in [0.4, 0.5) is 0 Å². The second-order valence-corrected chi connectivity index (χ2v) is 4.94. The van der Waals surface area contributed by atoms with Crippen molar-refractivity contribution >= 4 is 50.8 Å². The van der Waals surface area contributed by atoms with Gasteiger partial charge in [-0.1, -0.05) is 11.6 Å². The fourth-order valence-corrected chi connectivity index (χ4v) is 3.30. The minimum atomic E-state index is 0.849. The van der Waals surface area contributed by atoms with Crippen LogP contribution in [0.5, 0.6) is 0 Å². The Morgan fingerprint density at radius 1 is 1.64 bits per heavy atom. The highest BCUT2D eigenvalue weighted by Gasteiger charge is 2.14. The number of hydrogen-bond donors (Lipinski definition) is 0. The molecule has 1 aliphatic rings. The molecule has 11 heavy (non-hydrogen) atoms. The Labute approximate surface area is 88.2 Å². The Hall–Kier alpha value is 0.260. The molecule has 0 atom stereocenters. The number of fused-ring (bicyclic) bond motifs is 1. The minimum Gasteiger partial charge on any atom is -0.315 e. The standard InChI is InChI=1S/C7H5ClINS/c8-6-3-10(9)4-7-5(6)1-2-11-7/h1-3H,4H2. The summed E-state index contributed by atoms with van der Waals surface area (Å²) < 4.78 is 2.07. The first kappa shape index (κ1) is 7.89. The Bertz CT molecular complexity index is 307. The van der Waals surface area contributed by atoms with Crippen molar-refractivity contribution in [2.75, 3.05) is 0 Å². The molecule has 0 radical (unpaired) electrons. The third-order valence-electron chi connectivity index (χ3n) is 1.55. The molecule has 0 saturated carbocycles. The van der Waals surface area contributed by atoms with Gasteiger partial charge in [-0.05, 0) is 11.4 Å². The smallest absolute Gasteiger partial charge is 0.0656 e. The molecule has 4 heteroatoms. The fraction of sp³-hybridized carbons (Fsp3) is 0.143. The monoisotopic (exact) mass is 297 g/mol. The van der Waals surface area contributed by atoms with Crippen LogP contribution in [0, 0.1) is 0 Å². The third-order valence-corrected chi connectivity index (χ3v) is 3.38. The number of hydrogen-bond acceptors (Lipinski definition) is 2. The molecule has 2 rings (SSSR count). The first-order valence-corrected chi connectivity index (χ1v) is 5.36. The summed E-state index contributed by atoms with van der Waals surface area (Å²) >= 11 is 10.0. The normalized spacial score (nSPS) is 16.2. The molecular weight excluding hydrogens is 293 g/mol. The summed E-state index contributed by atoms with van der Waals surface area (Å²) in [4.78, 5) is 1.35. The Kier molecular flexibility index (Phi) is 2.12. The molecule has 0 saturated heterocycles. The van der Waals surface area contributed by atoms with Crippen molar-refractivity contribution in [1.82, 2.24) is 3.11 Å². The summed E-state index contributed by atoms with van der Waals surface area (Å²) in [6.07, 6.45) is 1.96. The molecular formula is C7H5ClINS. The maximum absolute atomic E-state index is 6.00. The van der Waals surface area contributed by atoms with Gasteiger partial charge >= 0.3 is 0 Å². The average molecular weight is 298 g/mol. The van der Waals surface area contributed by atoms with Crippen LogP contribution >= 0.6 is 45.8 Å². The molecule has 1 nitrogen and oxygen atoms in total. The Morgan fingerprint density at radius 3 is 3.27 bits per heavy atom. The van der Waals surface area contributed by atoms with Gasteiger partial charge in [0.2, 0.25) is 0 Å².